The van der Waals surface area contributed by atoms with Gasteiger partial charge in [-0.05, 0) is 77.2 Å². The third-order valence-electron chi connectivity index (χ3n) is 6.87. The molecule has 0 amide bonds. The number of benzene rings is 4. The lowest BCUT2D eigenvalue weighted by Gasteiger charge is -2.43. The van der Waals surface area contributed by atoms with Crippen molar-refractivity contribution >= 4 is 11.6 Å². The Balaban J connectivity index is 2.09. The topological polar surface area (TPSA) is 162 Å². The van der Waals surface area contributed by atoms with Gasteiger partial charge in [0, 0.05) is 41.0 Å². The molecule has 38 heavy (non-hydrogen) atoms. The van der Waals surface area contributed by atoms with Crippen molar-refractivity contribution in [2.45, 2.75) is 24.2 Å². The van der Waals surface area contributed by atoms with Crippen LogP contribution in [0.15, 0.2) is 72.8 Å². The zero-order valence-corrected chi connectivity index (χ0v) is 21.1. The fourth-order valence-corrected chi connectivity index (χ4v) is 5.52. The van der Waals surface area contributed by atoms with Crippen LogP contribution in [-0.2, 0) is 10.8 Å². The van der Waals surface area contributed by atoms with Crippen molar-refractivity contribution in [3.63, 3.8) is 0 Å². The standard InChI is InChI=1S/C29H27ClO8/c1-28(16-2-20(31)10-21(32)3-16,17-4-22(33)11-23(34)5-17)14-29(15-30,18-6-24(35)12-25(36)7-18)19-8-26(37)13-27(38)9-19/h2-13,31-38H,14-15H2,1H3. The lowest BCUT2D eigenvalue weighted by atomic mass is 9.61. The second-order valence-corrected chi connectivity index (χ2v) is 9.94. The van der Waals surface area contributed by atoms with Crippen LogP contribution in [0.5, 0.6) is 46.0 Å². The lowest BCUT2D eigenvalue weighted by Crippen LogP contribution is -2.39. The van der Waals surface area contributed by atoms with Crippen LogP contribution in [0.1, 0.15) is 35.6 Å². The lowest BCUT2D eigenvalue weighted by molar-refractivity contribution is 0.377. The van der Waals surface area contributed by atoms with Crippen LogP contribution < -0.4 is 0 Å². The molecule has 0 aromatic heterocycles. The molecule has 4 rings (SSSR count). The van der Waals surface area contributed by atoms with Crippen molar-refractivity contribution in [2.24, 2.45) is 0 Å². The molecule has 0 fully saturated rings. The van der Waals surface area contributed by atoms with E-state index in [1.807, 2.05) is 0 Å². The normalized spacial score (nSPS) is 11.9. The Labute approximate surface area is 223 Å². The van der Waals surface area contributed by atoms with Gasteiger partial charge in [0.05, 0.1) is 0 Å². The fraction of sp³-hybridized carbons (Fsp3) is 0.172. The van der Waals surface area contributed by atoms with E-state index in [2.05, 4.69) is 0 Å². The Bertz CT molecular complexity index is 1320. The molecule has 0 radical (unpaired) electrons. The van der Waals surface area contributed by atoms with Gasteiger partial charge >= 0.3 is 0 Å². The highest BCUT2D eigenvalue weighted by molar-refractivity contribution is 6.19. The van der Waals surface area contributed by atoms with Gasteiger partial charge in [-0.15, -0.1) is 11.6 Å². The quantitative estimate of drug-likeness (QED) is 0.148. The number of aromatic hydroxyl groups is 8. The predicted octanol–water partition coefficient (Wildman–Crippen LogP) is 5.25. The van der Waals surface area contributed by atoms with Crippen molar-refractivity contribution < 1.29 is 40.9 Å². The van der Waals surface area contributed by atoms with Crippen LogP contribution >= 0.6 is 11.6 Å². The zero-order chi connectivity index (χ0) is 27.8. The summed E-state index contributed by atoms with van der Waals surface area (Å²) >= 11 is 6.68. The van der Waals surface area contributed by atoms with E-state index in [1.165, 1.54) is 48.5 Å². The molecule has 8 N–H and O–H groups in total. The van der Waals surface area contributed by atoms with Crippen LogP contribution in [0.4, 0.5) is 0 Å². The van der Waals surface area contributed by atoms with Crippen LogP contribution in [0, 0.1) is 0 Å². The Hall–Kier alpha value is -4.43. The predicted molar refractivity (Wildman–Crippen MR) is 142 cm³/mol. The summed E-state index contributed by atoms with van der Waals surface area (Å²) in [5.41, 5.74) is -1.16. The summed E-state index contributed by atoms with van der Waals surface area (Å²) in [7, 11) is 0. The minimum atomic E-state index is -1.34. The zero-order valence-electron chi connectivity index (χ0n) is 20.3. The highest BCUT2D eigenvalue weighted by Gasteiger charge is 2.44. The smallest absolute Gasteiger partial charge is 0.119 e. The maximum atomic E-state index is 10.4. The number of rotatable bonds is 7. The average molecular weight is 539 g/mol. The fourth-order valence-electron chi connectivity index (χ4n) is 5.12. The minimum Gasteiger partial charge on any atom is -0.508 e. The average Bonchev–Trinajstić information content (AvgIpc) is 2.80. The molecule has 4 aromatic rings. The van der Waals surface area contributed by atoms with Crippen molar-refractivity contribution in [3.8, 4) is 46.0 Å². The number of halogens is 1. The van der Waals surface area contributed by atoms with E-state index in [0.29, 0.717) is 22.3 Å². The molecule has 0 saturated carbocycles. The van der Waals surface area contributed by atoms with Crippen molar-refractivity contribution in [2.75, 3.05) is 5.88 Å². The maximum absolute atomic E-state index is 10.4. The molecule has 4 aromatic carbocycles. The van der Waals surface area contributed by atoms with Gasteiger partial charge in [0.1, 0.15) is 46.0 Å². The molecule has 8 nitrogen and oxygen atoms in total. The second-order valence-electron chi connectivity index (χ2n) is 9.68. The molecule has 9 heteroatoms. The SMILES string of the molecule is CC(CC(CCl)(c1cc(O)cc(O)c1)c1cc(O)cc(O)c1)(c1cc(O)cc(O)c1)c1cc(O)cc(O)c1. The van der Waals surface area contributed by atoms with Gasteiger partial charge in [0.15, 0.2) is 0 Å². The number of alkyl halides is 1. The first-order valence-corrected chi connectivity index (χ1v) is 12.1. The van der Waals surface area contributed by atoms with Gasteiger partial charge in [-0.2, -0.15) is 0 Å². The molecule has 0 bridgehead atoms. The van der Waals surface area contributed by atoms with Crippen LogP contribution in [0.25, 0.3) is 0 Å². The molecule has 0 aliphatic carbocycles. The first kappa shape index (κ1) is 26.6. The van der Waals surface area contributed by atoms with Crippen LogP contribution in [0.2, 0.25) is 0 Å². The Morgan fingerprint density at radius 2 is 0.684 bits per heavy atom. The molecule has 198 valence electrons. The Kier molecular flexibility index (Phi) is 6.86. The molecule has 0 heterocycles. The number of hydrogen-bond donors (Lipinski definition) is 8. The summed E-state index contributed by atoms with van der Waals surface area (Å²) in [5, 5.41) is 82.7. The third kappa shape index (κ3) is 5.03. The molecule has 0 spiro atoms. The molecule has 0 aliphatic heterocycles. The first-order valence-electron chi connectivity index (χ1n) is 11.5. The highest BCUT2D eigenvalue weighted by atomic mass is 35.5. The number of phenolic OH excluding ortho intramolecular Hbond substituents is 8. The molecular weight excluding hydrogens is 512 g/mol. The van der Waals surface area contributed by atoms with Crippen LogP contribution in [0.3, 0.4) is 0 Å². The van der Waals surface area contributed by atoms with Gasteiger partial charge in [0.2, 0.25) is 0 Å². The molecule has 0 saturated heterocycles. The first-order chi connectivity index (χ1) is 17.8. The van der Waals surface area contributed by atoms with E-state index in [9.17, 15) is 40.9 Å². The summed E-state index contributed by atoms with van der Waals surface area (Å²) in [4.78, 5) is 0. The van der Waals surface area contributed by atoms with Gasteiger partial charge < -0.3 is 40.9 Å². The van der Waals surface area contributed by atoms with Crippen LogP contribution in [-0.4, -0.2) is 46.7 Å². The van der Waals surface area contributed by atoms with E-state index in [4.69, 9.17) is 11.6 Å². The van der Waals surface area contributed by atoms with Crippen molar-refractivity contribution in [1.82, 2.24) is 0 Å². The molecule has 0 atom stereocenters. The van der Waals surface area contributed by atoms with Crippen molar-refractivity contribution in [3.05, 3.63) is 95.1 Å². The molecule has 0 unspecified atom stereocenters. The molecular formula is C29H27ClO8. The Morgan fingerprint density at radius 1 is 0.447 bits per heavy atom. The highest BCUT2D eigenvalue weighted by Crippen LogP contribution is 2.51. The van der Waals surface area contributed by atoms with Crippen molar-refractivity contribution in [1.29, 1.82) is 0 Å². The van der Waals surface area contributed by atoms with E-state index in [-0.39, 0.29) is 58.3 Å². The van der Waals surface area contributed by atoms with Gasteiger partial charge in [-0.1, -0.05) is 6.92 Å². The summed E-state index contributed by atoms with van der Waals surface area (Å²) in [5.74, 6) is -2.18. The number of phenols is 8. The van der Waals surface area contributed by atoms with Gasteiger partial charge in [-0.25, -0.2) is 0 Å². The summed E-state index contributed by atoms with van der Waals surface area (Å²) in [6, 6.07) is 15.8. The van der Waals surface area contributed by atoms with E-state index >= 15 is 0 Å². The third-order valence-corrected chi connectivity index (χ3v) is 7.33. The largest absolute Gasteiger partial charge is 0.508 e. The summed E-state index contributed by atoms with van der Waals surface area (Å²) in [6.07, 6.45) is -0.0267. The van der Waals surface area contributed by atoms with Gasteiger partial charge in [-0.3, -0.25) is 0 Å². The van der Waals surface area contributed by atoms with E-state index < -0.39 is 10.8 Å². The molecule has 0 aliphatic rings. The second kappa shape index (κ2) is 9.79. The number of hydrogen-bond acceptors (Lipinski definition) is 8. The van der Waals surface area contributed by atoms with E-state index in [0.717, 1.165) is 24.3 Å². The minimum absolute atomic E-state index is 0.0267. The Morgan fingerprint density at radius 3 is 0.921 bits per heavy atom. The maximum Gasteiger partial charge on any atom is 0.119 e. The summed E-state index contributed by atoms with van der Waals surface area (Å²) in [6.45, 7) is 1.74. The van der Waals surface area contributed by atoms with Gasteiger partial charge in [0.25, 0.3) is 0 Å². The van der Waals surface area contributed by atoms with E-state index in [1.54, 1.807) is 6.92 Å². The summed E-state index contributed by atoms with van der Waals surface area (Å²) < 4.78 is 0. The monoisotopic (exact) mass is 538 g/mol.